The normalized spacial score (nSPS) is 20.8. The molecule has 0 spiro atoms. The van der Waals surface area contributed by atoms with Crippen LogP contribution in [0, 0.1) is 0 Å². The number of rotatable bonds is 3. The zero-order valence-corrected chi connectivity index (χ0v) is 14.8. The number of carbonyl (C=O) groups is 1. The third kappa shape index (κ3) is 3.25. The zero-order chi connectivity index (χ0) is 18.1. The summed E-state index contributed by atoms with van der Waals surface area (Å²) in [5.74, 6) is -0.347. The highest BCUT2D eigenvalue weighted by molar-refractivity contribution is 5.90. The molecule has 0 aromatic heterocycles. The van der Waals surface area contributed by atoms with E-state index in [0.29, 0.717) is 5.56 Å². The Bertz CT molecular complexity index is 771. The number of benzene rings is 2. The Kier molecular flexibility index (Phi) is 4.79. The van der Waals surface area contributed by atoms with Crippen molar-refractivity contribution >= 4 is 11.7 Å². The van der Waals surface area contributed by atoms with Crippen LogP contribution in [-0.4, -0.2) is 30.5 Å². The third-order valence-electron chi connectivity index (χ3n) is 4.82. The van der Waals surface area contributed by atoms with Crippen molar-refractivity contribution in [1.29, 1.82) is 0 Å². The summed E-state index contributed by atoms with van der Waals surface area (Å²) in [4.78, 5) is 13.6. The third-order valence-corrected chi connectivity index (χ3v) is 4.82. The van der Waals surface area contributed by atoms with Gasteiger partial charge in [0.25, 0.3) is 0 Å². The van der Waals surface area contributed by atoms with Gasteiger partial charge in [-0.25, -0.2) is 4.79 Å². The molecule has 1 aliphatic heterocycles. The second kappa shape index (κ2) is 6.86. The van der Waals surface area contributed by atoms with Gasteiger partial charge in [-0.2, -0.15) is 0 Å². The van der Waals surface area contributed by atoms with E-state index in [0.717, 1.165) is 28.8 Å². The molecule has 5 nitrogen and oxygen atoms in total. The molecule has 0 radical (unpaired) electrons. The van der Waals surface area contributed by atoms with Crippen LogP contribution in [0.3, 0.4) is 0 Å². The highest BCUT2D eigenvalue weighted by Crippen LogP contribution is 2.39. The van der Waals surface area contributed by atoms with E-state index in [1.54, 1.807) is 19.1 Å². The van der Waals surface area contributed by atoms with E-state index in [9.17, 15) is 9.90 Å². The monoisotopic (exact) mass is 340 g/mol. The summed E-state index contributed by atoms with van der Waals surface area (Å²) >= 11 is 0. The fourth-order valence-electron chi connectivity index (χ4n) is 3.60. The number of nitrogens with two attached hydrogens (primary N) is 1. The lowest BCUT2D eigenvalue weighted by molar-refractivity contribution is 0.0600. The number of hydrogen-bond donors (Lipinski definition) is 2. The molecule has 1 heterocycles. The van der Waals surface area contributed by atoms with Crippen LogP contribution in [0.4, 0.5) is 5.69 Å². The van der Waals surface area contributed by atoms with E-state index in [2.05, 4.69) is 13.0 Å². The van der Waals surface area contributed by atoms with Crippen molar-refractivity contribution in [3.63, 3.8) is 0 Å². The molecule has 25 heavy (non-hydrogen) atoms. The van der Waals surface area contributed by atoms with E-state index in [4.69, 9.17) is 10.5 Å². The van der Waals surface area contributed by atoms with Crippen molar-refractivity contribution < 1.29 is 14.6 Å². The molecule has 0 amide bonds. The number of carbonyl (C=O) groups excluding carboxylic acids is 1. The van der Waals surface area contributed by atoms with Gasteiger partial charge >= 0.3 is 5.97 Å². The summed E-state index contributed by atoms with van der Waals surface area (Å²) < 4.78 is 4.73. The number of aliphatic hydroxyl groups is 1. The van der Waals surface area contributed by atoms with Gasteiger partial charge in [0.1, 0.15) is 6.23 Å². The highest BCUT2D eigenvalue weighted by Gasteiger charge is 2.30. The van der Waals surface area contributed by atoms with Gasteiger partial charge in [-0.1, -0.05) is 18.2 Å². The molecule has 3 atom stereocenters. The zero-order valence-electron chi connectivity index (χ0n) is 14.8. The number of anilines is 1. The smallest absolute Gasteiger partial charge is 0.337 e. The fraction of sp³-hybridized carbons (Fsp3) is 0.350. The maximum absolute atomic E-state index is 11.6. The first-order chi connectivity index (χ1) is 11.9. The van der Waals surface area contributed by atoms with Gasteiger partial charge in [-0.05, 0) is 61.2 Å². The quantitative estimate of drug-likeness (QED) is 0.840. The topological polar surface area (TPSA) is 75.8 Å². The Labute approximate surface area is 148 Å². The number of methoxy groups -OCH3 is 1. The molecule has 3 N–H and O–H groups in total. The van der Waals surface area contributed by atoms with E-state index >= 15 is 0 Å². The minimum absolute atomic E-state index is 0.0608. The number of ether oxygens (including phenoxy) is 1. The van der Waals surface area contributed by atoms with Crippen molar-refractivity contribution in [2.24, 2.45) is 5.73 Å². The Morgan fingerprint density at radius 2 is 1.88 bits per heavy atom. The molecule has 2 aromatic rings. The van der Waals surface area contributed by atoms with Crippen LogP contribution >= 0.6 is 0 Å². The molecule has 0 aliphatic carbocycles. The predicted molar refractivity (Wildman–Crippen MR) is 98.4 cm³/mol. The largest absolute Gasteiger partial charge is 0.465 e. The first-order valence-corrected chi connectivity index (χ1v) is 8.47. The lowest BCUT2D eigenvalue weighted by atomic mass is 9.89. The van der Waals surface area contributed by atoms with Gasteiger partial charge in [0.15, 0.2) is 0 Å². The molecule has 3 rings (SSSR count). The Hall–Kier alpha value is -2.37. The van der Waals surface area contributed by atoms with Crippen molar-refractivity contribution in [3.8, 4) is 11.1 Å². The average Bonchev–Trinajstić information content (AvgIpc) is 2.60. The second-order valence-corrected chi connectivity index (χ2v) is 6.57. The molecule has 5 heteroatoms. The number of nitrogens with zero attached hydrogens (tertiary/aromatic N) is 1. The van der Waals surface area contributed by atoms with Gasteiger partial charge in [0, 0.05) is 17.8 Å². The molecule has 0 saturated heterocycles. The van der Waals surface area contributed by atoms with Crippen molar-refractivity contribution in [3.05, 3.63) is 53.6 Å². The van der Waals surface area contributed by atoms with Crippen LogP contribution in [-0.2, 0) is 4.74 Å². The van der Waals surface area contributed by atoms with Gasteiger partial charge in [-0.15, -0.1) is 0 Å². The van der Waals surface area contributed by atoms with Crippen molar-refractivity contribution in [2.45, 2.75) is 38.6 Å². The fourth-order valence-corrected chi connectivity index (χ4v) is 3.60. The maximum Gasteiger partial charge on any atom is 0.337 e. The molecule has 0 fully saturated rings. The van der Waals surface area contributed by atoms with E-state index < -0.39 is 6.23 Å². The van der Waals surface area contributed by atoms with Crippen LogP contribution in [0.2, 0.25) is 0 Å². The van der Waals surface area contributed by atoms with E-state index in [1.807, 2.05) is 29.2 Å². The summed E-state index contributed by atoms with van der Waals surface area (Å²) in [6.07, 6.45) is 0.231. The Morgan fingerprint density at radius 3 is 2.48 bits per heavy atom. The van der Waals surface area contributed by atoms with Crippen LogP contribution in [0.5, 0.6) is 0 Å². The van der Waals surface area contributed by atoms with Crippen LogP contribution < -0.4 is 10.6 Å². The maximum atomic E-state index is 11.6. The SMILES string of the molecule is COC(=O)c1ccc(-c2ccc3c(c2)C(N)CC(C)N3C(C)O)cc1. The summed E-state index contributed by atoms with van der Waals surface area (Å²) in [5, 5.41) is 10.1. The standard InChI is InChI=1S/C20H24N2O3/c1-12-10-18(21)17-11-16(8-9-19(17)22(12)13(2)23)14-4-6-15(7-5-14)20(24)25-3/h4-9,11-13,18,23H,10,21H2,1-3H3. The van der Waals surface area contributed by atoms with Gasteiger partial charge in [-0.3, -0.25) is 0 Å². The van der Waals surface area contributed by atoms with E-state index in [1.165, 1.54) is 7.11 Å². The molecular formula is C20H24N2O3. The van der Waals surface area contributed by atoms with Crippen molar-refractivity contribution in [1.82, 2.24) is 0 Å². The summed E-state index contributed by atoms with van der Waals surface area (Å²) in [7, 11) is 1.37. The molecule has 1 aliphatic rings. The van der Waals surface area contributed by atoms with Gasteiger partial charge in [0.05, 0.1) is 12.7 Å². The molecule has 0 saturated carbocycles. The molecule has 3 unspecified atom stereocenters. The first-order valence-electron chi connectivity index (χ1n) is 8.47. The minimum atomic E-state index is -0.563. The molecule has 0 bridgehead atoms. The second-order valence-electron chi connectivity index (χ2n) is 6.57. The van der Waals surface area contributed by atoms with Crippen molar-refractivity contribution in [2.75, 3.05) is 12.0 Å². The average molecular weight is 340 g/mol. The summed E-state index contributed by atoms with van der Waals surface area (Å²) in [6.45, 7) is 3.85. The van der Waals surface area contributed by atoms with Crippen LogP contribution in [0.1, 0.15) is 42.2 Å². The van der Waals surface area contributed by atoms with Crippen LogP contribution in [0.15, 0.2) is 42.5 Å². The first kappa shape index (κ1) is 17.5. The summed E-state index contributed by atoms with van der Waals surface area (Å²) in [5.41, 5.74) is 10.9. The summed E-state index contributed by atoms with van der Waals surface area (Å²) in [6, 6.07) is 13.5. The lowest BCUT2D eigenvalue weighted by Gasteiger charge is -2.41. The van der Waals surface area contributed by atoms with Crippen LogP contribution in [0.25, 0.3) is 11.1 Å². The number of fused-ring (bicyclic) bond motifs is 1. The number of esters is 1. The Morgan fingerprint density at radius 1 is 1.24 bits per heavy atom. The van der Waals surface area contributed by atoms with Gasteiger partial charge < -0.3 is 20.5 Å². The molecule has 132 valence electrons. The molecule has 2 aromatic carbocycles. The van der Waals surface area contributed by atoms with E-state index in [-0.39, 0.29) is 18.1 Å². The predicted octanol–water partition coefficient (Wildman–Crippen LogP) is 3.08. The number of aliphatic hydroxyl groups excluding tert-OH is 1. The minimum Gasteiger partial charge on any atom is -0.465 e. The Balaban J connectivity index is 1.98. The molecular weight excluding hydrogens is 316 g/mol. The lowest BCUT2D eigenvalue weighted by Crippen LogP contribution is -2.45. The van der Waals surface area contributed by atoms with Gasteiger partial charge in [0.2, 0.25) is 0 Å². The highest BCUT2D eigenvalue weighted by atomic mass is 16.5. The number of hydrogen-bond acceptors (Lipinski definition) is 5.